The van der Waals surface area contributed by atoms with Gasteiger partial charge < -0.3 is 23.5 Å². The number of rotatable bonds is 9. The summed E-state index contributed by atoms with van der Waals surface area (Å²) in [7, 11) is 0. The Balaban J connectivity index is 0.838. The van der Waals surface area contributed by atoms with Gasteiger partial charge in [-0.1, -0.05) is 291 Å². The van der Waals surface area contributed by atoms with Crippen LogP contribution in [0.25, 0.3) is 127 Å². The van der Waals surface area contributed by atoms with E-state index in [2.05, 4.69) is 436 Å². The Bertz CT molecular complexity index is 6860. The van der Waals surface area contributed by atoms with E-state index in [1.807, 2.05) is 0 Å². The molecule has 0 bridgehead atoms. The topological polar surface area (TPSA) is 21.3 Å². The quantitative estimate of drug-likeness (QED) is 0.134. The van der Waals surface area contributed by atoms with Crippen LogP contribution in [0.15, 0.2) is 315 Å². The van der Waals surface area contributed by atoms with Crippen LogP contribution in [0, 0.1) is 0 Å². The standard InChI is InChI=1S/C114H102BN5/c1-109(2,3)79-41-55-102-90(65-79)91-66-80(110(4,5)6)42-56-103(91)120(102)85-69-106-108-107(70-85)117(82-45-35-74(36-46-82)78-38-50-93-95(64-78)114(13,14)60-58-112(93,9)10)105-68-84(119-99-32-24-22-30-87(99)89-62-76(40-54-101(89)119)72-27-19-16-20-28-72)48-52-97(105)115(108)96-51-47-83(118-98-31-23-21-29-86(98)88-61-75(39-53-100(88)118)71-25-17-15-18-26-71)67-104(96)116(106)81-43-33-73(34-44-81)77-37-49-92-94(63-77)113(11,12)59-57-111(92,7)8/h15-56,61-70H,57-60H2,1-14H3. The highest BCUT2D eigenvalue weighted by Gasteiger charge is 2.46. The first-order chi connectivity index (χ1) is 57.7. The van der Waals surface area contributed by atoms with Gasteiger partial charge in [0, 0.05) is 77.8 Å². The Kier molecular flexibility index (Phi) is 16.2. The smallest absolute Gasteiger partial charge is 0.252 e. The lowest BCUT2D eigenvalue weighted by Crippen LogP contribution is -2.61. The maximum atomic E-state index is 2.66. The molecule has 0 unspecified atom stereocenters. The summed E-state index contributed by atoms with van der Waals surface area (Å²) in [5, 5.41) is 7.40. The lowest BCUT2D eigenvalue weighted by Gasteiger charge is -2.44. The molecular formula is C114H102BN5. The SMILES string of the molecule is CC(C)(C)c1ccc2c(c1)c1cc(C(C)(C)C)ccc1n2-c1cc2c3c(c1)N(c1ccc(-c4ccc5c(c4)C(C)(C)CCC5(C)C)cc1)c1cc(-n4c5ccccc5c5cc(-c6ccccc6)ccc54)ccc1B3c1ccc(-n3c4ccccc4c4cc(-c5ccccc5)ccc43)cc1N2c1ccc(-c2ccc3c(c2)C(C)(C)CCC3(C)C)cc1. The first kappa shape index (κ1) is 73.7. The molecule has 0 radical (unpaired) electrons. The van der Waals surface area contributed by atoms with Crippen LogP contribution < -0.4 is 26.2 Å². The van der Waals surface area contributed by atoms with Crippen LogP contribution in [0.1, 0.15) is 156 Å². The van der Waals surface area contributed by atoms with Gasteiger partial charge in [0.25, 0.3) is 6.71 Å². The molecule has 586 valence electrons. The molecule has 15 aromatic carbocycles. The lowest BCUT2D eigenvalue weighted by atomic mass is 9.33. The van der Waals surface area contributed by atoms with Gasteiger partial charge >= 0.3 is 0 Å². The minimum Gasteiger partial charge on any atom is -0.311 e. The van der Waals surface area contributed by atoms with E-state index in [-0.39, 0.29) is 39.2 Å². The minimum absolute atomic E-state index is 0.0578. The van der Waals surface area contributed by atoms with Crippen molar-refractivity contribution >= 4 is 123 Å². The fraction of sp³-hybridized carbons (Fsp3) is 0.211. The van der Waals surface area contributed by atoms with Crippen molar-refractivity contribution in [1.29, 1.82) is 0 Å². The number of aromatic nitrogens is 3. The van der Waals surface area contributed by atoms with Crippen molar-refractivity contribution in [3.63, 3.8) is 0 Å². The van der Waals surface area contributed by atoms with E-state index in [0.717, 1.165) is 75.1 Å². The minimum atomic E-state index is -0.227. The molecule has 0 fully saturated rings. The number of para-hydroxylation sites is 2. The molecule has 22 rings (SSSR count). The Labute approximate surface area is 706 Å². The van der Waals surface area contributed by atoms with Gasteiger partial charge in [-0.2, -0.15) is 0 Å². The second kappa shape index (κ2) is 26.4. The summed E-state index contributed by atoms with van der Waals surface area (Å²) in [5.41, 5.74) is 39.1. The van der Waals surface area contributed by atoms with Crippen molar-refractivity contribution in [2.45, 2.75) is 155 Å². The zero-order valence-electron chi connectivity index (χ0n) is 71.7. The summed E-state index contributed by atoms with van der Waals surface area (Å²) in [6.45, 7) is 33.4. The third-order valence-electron chi connectivity index (χ3n) is 28.5. The summed E-state index contributed by atoms with van der Waals surface area (Å²) in [6.07, 6.45) is 4.66. The molecule has 0 spiro atoms. The number of nitrogens with zero attached hydrogens (tertiary/aromatic N) is 5. The monoisotopic (exact) mass is 1550 g/mol. The second-order valence-corrected chi connectivity index (χ2v) is 39.8. The summed E-state index contributed by atoms with van der Waals surface area (Å²) in [6, 6.07) is 123. The maximum absolute atomic E-state index is 2.66. The van der Waals surface area contributed by atoms with E-state index in [1.165, 1.54) is 162 Å². The predicted octanol–water partition coefficient (Wildman–Crippen LogP) is 29.0. The first-order valence-electron chi connectivity index (χ1n) is 43.6. The van der Waals surface area contributed by atoms with Crippen molar-refractivity contribution in [3.8, 4) is 61.6 Å². The normalized spacial score (nSPS) is 15.7. The van der Waals surface area contributed by atoms with E-state index < -0.39 is 0 Å². The van der Waals surface area contributed by atoms with Gasteiger partial charge in [0.05, 0.1) is 38.8 Å². The van der Waals surface area contributed by atoms with Crippen molar-refractivity contribution in [2.24, 2.45) is 0 Å². The van der Waals surface area contributed by atoms with Gasteiger partial charge in [0.15, 0.2) is 0 Å². The van der Waals surface area contributed by atoms with Gasteiger partial charge in [-0.15, -0.1) is 0 Å². The third-order valence-corrected chi connectivity index (χ3v) is 28.5. The molecule has 2 aliphatic heterocycles. The number of benzene rings is 15. The van der Waals surface area contributed by atoms with Gasteiger partial charge in [-0.3, -0.25) is 0 Å². The fourth-order valence-corrected chi connectivity index (χ4v) is 21.4. The molecule has 0 amide bonds. The largest absolute Gasteiger partial charge is 0.311 e. The average molecular weight is 1550 g/mol. The average Bonchev–Trinajstić information content (AvgIpc) is 0.693. The van der Waals surface area contributed by atoms with E-state index in [4.69, 9.17) is 0 Å². The summed E-state index contributed by atoms with van der Waals surface area (Å²) < 4.78 is 7.66. The van der Waals surface area contributed by atoms with E-state index in [0.29, 0.717) is 0 Å². The highest BCUT2D eigenvalue weighted by atomic mass is 15.2. The molecule has 0 N–H and O–H groups in total. The van der Waals surface area contributed by atoms with Crippen LogP contribution in [0.4, 0.5) is 34.1 Å². The molecule has 0 saturated carbocycles. The zero-order valence-corrected chi connectivity index (χ0v) is 71.7. The predicted molar refractivity (Wildman–Crippen MR) is 513 cm³/mol. The number of hydrogen-bond donors (Lipinski definition) is 0. The molecule has 5 heterocycles. The lowest BCUT2D eigenvalue weighted by molar-refractivity contribution is 0.332. The molecule has 0 atom stereocenters. The summed E-state index contributed by atoms with van der Waals surface area (Å²) >= 11 is 0. The van der Waals surface area contributed by atoms with E-state index >= 15 is 0 Å². The van der Waals surface area contributed by atoms with Crippen molar-refractivity contribution < 1.29 is 0 Å². The van der Waals surface area contributed by atoms with Gasteiger partial charge in [0.2, 0.25) is 0 Å². The van der Waals surface area contributed by atoms with Crippen molar-refractivity contribution in [1.82, 2.24) is 13.7 Å². The molecule has 3 aromatic heterocycles. The Hall–Kier alpha value is -12.6. The maximum Gasteiger partial charge on any atom is 0.252 e. The second-order valence-electron chi connectivity index (χ2n) is 39.8. The third kappa shape index (κ3) is 11.5. The number of hydrogen-bond acceptors (Lipinski definition) is 2. The number of fused-ring (bicyclic) bond motifs is 15. The molecule has 5 nitrogen and oxygen atoms in total. The van der Waals surface area contributed by atoms with Crippen LogP contribution in [-0.2, 0) is 32.5 Å². The highest BCUT2D eigenvalue weighted by Crippen LogP contribution is 2.53. The Morgan fingerprint density at radius 1 is 0.233 bits per heavy atom. The zero-order chi connectivity index (χ0) is 82.0. The summed E-state index contributed by atoms with van der Waals surface area (Å²) in [4.78, 5) is 5.32. The van der Waals surface area contributed by atoms with Crippen LogP contribution in [0.2, 0.25) is 0 Å². The van der Waals surface area contributed by atoms with Crippen molar-refractivity contribution in [3.05, 3.63) is 349 Å². The summed E-state index contributed by atoms with van der Waals surface area (Å²) in [5.74, 6) is 0. The van der Waals surface area contributed by atoms with Crippen LogP contribution >= 0.6 is 0 Å². The van der Waals surface area contributed by atoms with Crippen LogP contribution in [-0.4, -0.2) is 20.4 Å². The van der Waals surface area contributed by atoms with Gasteiger partial charge in [0.1, 0.15) is 0 Å². The number of anilines is 6. The van der Waals surface area contributed by atoms with Crippen molar-refractivity contribution in [2.75, 3.05) is 9.80 Å². The van der Waals surface area contributed by atoms with E-state index in [9.17, 15) is 0 Å². The Morgan fingerprint density at radius 3 is 0.933 bits per heavy atom. The highest BCUT2D eigenvalue weighted by molar-refractivity contribution is 7.00. The fourth-order valence-electron chi connectivity index (χ4n) is 21.4. The Morgan fingerprint density at radius 2 is 0.533 bits per heavy atom. The van der Waals surface area contributed by atoms with Crippen LogP contribution in [0.5, 0.6) is 0 Å². The molecule has 0 saturated heterocycles. The molecular weight excluding hydrogens is 1450 g/mol. The van der Waals surface area contributed by atoms with Gasteiger partial charge in [-0.05, 0) is 274 Å². The molecule has 2 aliphatic carbocycles. The van der Waals surface area contributed by atoms with Gasteiger partial charge in [-0.25, -0.2) is 0 Å². The first-order valence-corrected chi connectivity index (χ1v) is 43.6. The molecule has 6 heteroatoms. The molecule has 4 aliphatic rings. The molecule has 18 aromatic rings. The van der Waals surface area contributed by atoms with E-state index in [1.54, 1.807) is 0 Å². The molecule has 120 heavy (non-hydrogen) atoms. The van der Waals surface area contributed by atoms with Crippen LogP contribution in [0.3, 0.4) is 0 Å².